The molecule has 3 heteroatoms. The summed E-state index contributed by atoms with van der Waals surface area (Å²) in [7, 11) is 0. The second-order valence-electron chi connectivity index (χ2n) is 5.90. The molecule has 1 aromatic heterocycles. The average molecular weight is 301 g/mol. The van der Waals surface area contributed by atoms with Gasteiger partial charge in [0.25, 0.3) is 0 Å². The first-order valence-electron chi connectivity index (χ1n) is 7.92. The van der Waals surface area contributed by atoms with Crippen LogP contribution in [0.25, 0.3) is 11.3 Å². The Morgan fingerprint density at radius 1 is 0.913 bits per heavy atom. The maximum absolute atomic E-state index is 4.92. The zero-order valence-corrected chi connectivity index (χ0v) is 13.3. The lowest BCUT2D eigenvalue weighted by Gasteiger charge is -2.23. The summed E-state index contributed by atoms with van der Waals surface area (Å²) in [5.74, 6) is 0.968. The standard InChI is InChI=1S/C20H19N3/c1-14-8-3-4-9-16(14)17-11-7-13-20(22-17)23-15(2)21-18-10-5-6-12-19(18)23/h3-13,15,21H,1-2H3/t15-/m1/s1. The van der Waals surface area contributed by atoms with Gasteiger partial charge in [0.15, 0.2) is 0 Å². The van der Waals surface area contributed by atoms with E-state index in [2.05, 4.69) is 90.8 Å². The van der Waals surface area contributed by atoms with E-state index in [0.29, 0.717) is 0 Å². The number of hydrogen-bond acceptors (Lipinski definition) is 3. The Morgan fingerprint density at radius 2 is 1.70 bits per heavy atom. The van der Waals surface area contributed by atoms with Crippen LogP contribution in [0.4, 0.5) is 17.2 Å². The lowest BCUT2D eigenvalue weighted by atomic mass is 10.1. The fraction of sp³-hybridized carbons (Fsp3) is 0.150. The number of aromatic nitrogens is 1. The fourth-order valence-electron chi connectivity index (χ4n) is 3.19. The fourth-order valence-corrected chi connectivity index (χ4v) is 3.19. The molecule has 23 heavy (non-hydrogen) atoms. The minimum Gasteiger partial charge on any atom is -0.363 e. The van der Waals surface area contributed by atoms with Gasteiger partial charge >= 0.3 is 0 Å². The van der Waals surface area contributed by atoms with E-state index in [1.54, 1.807) is 0 Å². The summed E-state index contributed by atoms with van der Waals surface area (Å²) in [6.07, 6.45) is 0.187. The van der Waals surface area contributed by atoms with E-state index in [9.17, 15) is 0 Å². The molecule has 114 valence electrons. The largest absolute Gasteiger partial charge is 0.363 e. The monoisotopic (exact) mass is 301 g/mol. The Morgan fingerprint density at radius 3 is 2.57 bits per heavy atom. The van der Waals surface area contributed by atoms with Crippen molar-refractivity contribution in [2.45, 2.75) is 20.0 Å². The molecule has 1 aliphatic heterocycles. The SMILES string of the molecule is Cc1ccccc1-c1cccc(N2c3ccccc3N[C@H]2C)n1. The van der Waals surface area contributed by atoms with Gasteiger partial charge in [0, 0.05) is 5.56 Å². The predicted molar refractivity (Wildman–Crippen MR) is 96.1 cm³/mol. The summed E-state index contributed by atoms with van der Waals surface area (Å²) < 4.78 is 0. The third kappa shape index (κ3) is 2.34. The van der Waals surface area contributed by atoms with E-state index < -0.39 is 0 Å². The first-order chi connectivity index (χ1) is 11.2. The van der Waals surface area contributed by atoms with Gasteiger partial charge in [-0.3, -0.25) is 0 Å². The van der Waals surface area contributed by atoms with Gasteiger partial charge in [-0.05, 0) is 43.7 Å². The molecule has 1 aliphatic rings. The number of anilines is 3. The molecule has 2 heterocycles. The van der Waals surface area contributed by atoms with Crippen LogP contribution in [0.3, 0.4) is 0 Å². The molecule has 0 amide bonds. The van der Waals surface area contributed by atoms with E-state index >= 15 is 0 Å². The molecule has 0 bridgehead atoms. The summed E-state index contributed by atoms with van der Waals surface area (Å²) in [6, 6.07) is 23.0. The molecule has 0 unspecified atom stereocenters. The van der Waals surface area contributed by atoms with E-state index in [-0.39, 0.29) is 6.17 Å². The summed E-state index contributed by atoms with van der Waals surface area (Å²) in [5, 5.41) is 3.50. The van der Waals surface area contributed by atoms with Crippen LogP contribution in [-0.4, -0.2) is 11.1 Å². The Balaban J connectivity index is 1.80. The molecular formula is C20H19N3. The minimum absolute atomic E-state index is 0.187. The highest BCUT2D eigenvalue weighted by Gasteiger charge is 2.27. The first-order valence-corrected chi connectivity index (χ1v) is 7.92. The van der Waals surface area contributed by atoms with Gasteiger partial charge in [0.1, 0.15) is 12.0 Å². The van der Waals surface area contributed by atoms with Crippen molar-refractivity contribution < 1.29 is 0 Å². The van der Waals surface area contributed by atoms with Crippen LogP contribution in [0.5, 0.6) is 0 Å². The van der Waals surface area contributed by atoms with Gasteiger partial charge in [-0.25, -0.2) is 4.98 Å². The van der Waals surface area contributed by atoms with Crippen molar-refractivity contribution in [3.05, 3.63) is 72.3 Å². The summed E-state index contributed by atoms with van der Waals surface area (Å²) in [5.41, 5.74) is 5.77. The smallest absolute Gasteiger partial charge is 0.135 e. The van der Waals surface area contributed by atoms with Gasteiger partial charge in [-0.1, -0.05) is 42.5 Å². The lowest BCUT2D eigenvalue weighted by Crippen LogP contribution is -2.29. The third-order valence-electron chi connectivity index (χ3n) is 4.32. The molecule has 0 spiro atoms. The number of aryl methyl sites for hydroxylation is 1. The van der Waals surface area contributed by atoms with Crippen molar-refractivity contribution in [3.63, 3.8) is 0 Å². The average Bonchev–Trinajstić information content (AvgIpc) is 2.91. The van der Waals surface area contributed by atoms with Crippen LogP contribution in [-0.2, 0) is 0 Å². The van der Waals surface area contributed by atoms with Crippen LogP contribution in [0.2, 0.25) is 0 Å². The van der Waals surface area contributed by atoms with Crippen molar-refractivity contribution in [3.8, 4) is 11.3 Å². The number of benzene rings is 2. The summed E-state index contributed by atoms with van der Waals surface area (Å²) in [4.78, 5) is 7.17. The Hall–Kier alpha value is -2.81. The van der Waals surface area contributed by atoms with E-state index in [1.165, 1.54) is 16.8 Å². The van der Waals surface area contributed by atoms with Gasteiger partial charge in [0.2, 0.25) is 0 Å². The van der Waals surface area contributed by atoms with Crippen molar-refractivity contribution in [1.82, 2.24) is 4.98 Å². The quantitative estimate of drug-likeness (QED) is 0.724. The highest BCUT2D eigenvalue weighted by molar-refractivity contribution is 5.81. The normalized spacial score (nSPS) is 16.1. The molecule has 0 aliphatic carbocycles. The van der Waals surface area contributed by atoms with E-state index in [0.717, 1.165) is 17.2 Å². The molecule has 0 saturated heterocycles. The molecule has 3 nitrogen and oxygen atoms in total. The Bertz CT molecular complexity index is 857. The molecule has 1 N–H and O–H groups in total. The predicted octanol–water partition coefficient (Wildman–Crippen LogP) is 4.97. The van der Waals surface area contributed by atoms with Gasteiger partial charge in [0.05, 0.1) is 17.1 Å². The van der Waals surface area contributed by atoms with Gasteiger partial charge in [-0.2, -0.15) is 0 Å². The zero-order chi connectivity index (χ0) is 15.8. The number of para-hydroxylation sites is 2. The van der Waals surface area contributed by atoms with Crippen molar-refractivity contribution >= 4 is 17.2 Å². The number of nitrogens with zero attached hydrogens (tertiary/aromatic N) is 2. The van der Waals surface area contributed by atoms with Crippen LogP contribution in [0, 0.1) is 6.92 Å². The molecule has 0 saturated carbocycles. The molecule has 0 fully saturated rings. The maximum Gasteiger partial charge on any atom is 0.135 e. The van der Waals surface area contributed by atoms with Gasteiger partial charge < -0.3 is 10.2 Å². The van der Waals surface area contributed by atoms with E-state index in [1.807, 2.05) is 0 Å². The lowest BCUT2D eigenvalue weighted by molar-refractivity contribution is 0.829. The molecule has 3 aromatic rings. The second-order valence-corrected chi connectivity index (χ2v) is 5.90. The molecular weight excluding hydrogens is 282 g/mol. The van der Waals surface area contributed by atoms with Crippen LogP contribution in [0.1, 0.15) is 12.5 Å². The molecule has 4 rings (SSSR count). The van der Waals surface area contributed by atoms with Crippen LogP contribution < -0.4 is 10.2 Å². The Kier molecular flexibility index (Phi) is 3.27. The highest BCUT2D eigenvalue weighted by atomic mass is 15.4. The maximum atomic E-state index is 4.92. The highest BCUT2D eigenvalue weighted by Crippen LogP contribution is 2.39. The van der Waals surface area contributed by atoms with Crippen molar-refractivity contribution in [2.75, 3.05) is 10.2 Å². The van der Waals surface area contributed by atoms with Crippen molar-refractivity contribution in [2.24, 2.45) is 0 Å². The topological polar surface area (TPSA) is 28.2 Å². The summed E-state index contributed by atoms with van der Waals surface area (Å²) >= 11 is 0. The number of fused-ring (bicyclic) bond motifs is 1. The minimum atomic E-state index is 0.187. The molecule has 1 atom stereocenters. The number of pyridine rings is 1. The number of hydrogen-bond donors (Lipinski definition) is 1. The molecule has 0 radical (unpaired) electrons. The number of nitrogens with one attached hydrogen (secondary N) is 1. The second kappa shape index (κ2) is 5.43. The van der Waals surface area contributed by atoms with E-state index in [4.69, 9.17) is 4.98 Å². The van der Waals surface area contributed by atoms with Crippen LogP contribution >= 0.6 is 0 Å². The Labute approximate surface area is 136 Å². The number of rotatable bonds is 2. The van der Waals surface area contributed by atoms with Crippen LogP contribution in [0.15, 0.2) is 66.7 Å². The zero-order valence-electron chi connectivity index (χ0n) is 13.3. The third-order valence-corrected chi connectivity index (χ3v) is 4.32. The van der Waals surface area contributed by atoms with Crippen molar-refractivity contribution in [1.29, 1.82) is 0 Å². The summed E-state index contributed by atoms with van der Waals surface area (Å²) in [6.45, 7) is 4.28. The first kappa shape index (κ1) is 13.8. The van der Waals surface area contributed by atoms with Gasteiger partial charge in [-0.15, -0.1) is 0 Å². The molecule has 2 aromatic carbocycles.